The predicted octanol–water partition coefficient (Wildman–Crippen LogP) is 2.77. The van der Waals surface area contributed by atoms with Crippen molar-refractivity contribution in [2.75, 3.05) is 0 Å². The fourth-order valence-corrected chi connectivity index (χ4v) is 1.99. The Labute approximate surface area is 78.8 Å². The van der Waals surface area contributed by atoms with Gasteiger partial charge in [0.25, 0.3) is 0 Å². The first-order chi connectivity index (χ1) is 6.12. The van der Waals surface area contributed by atoms with E-state index in [4.69, 9.17) is 0 Å². The first kappa shape index (κ1) is 8.49. The summed E-state index contributed by atoms with van der Waals surface area (Å²) in [5.41, 5.74) is 1.16. The molecule has 1 fully saturated rings. The first-order valence-corrected chi connectivity index (χ1v) is 4.70. The van der Waals surface area contributed by atoms with Gasteiger partial charge in [-0.15, -0.1) is 0 Å². The highest BCUT2D eigenvalue weighted by Crippen LogP contribution is 2.49. The molecule has 1 aliphatic carbocycles. The number of hydrogen-bond acceptors (Lipinski definition) is 1. The van der Waals surface area contributed by atoms with Gasteiger partial charge in [-0.25, -0.2) is 0 Å². The van der Waals surface area contributed by atoms with Crippen LogP contribution in [0.5, 0.6) is 0 Å². The van der Waals surface area contributed by atoms with Crippen molar-refractivity contribution in [2.45, 2.75) is 26.2 Å². The highest BCUT2D eigenvalue weighted by molar-refractivity contribution is 5.92. The molecular weight excluding hydrogens is 160 g/mol. The van der Waals surface area contributed by atoms with Gasteiger partial charge in [-0.2, -0.15) is 0 Å². The van der Waals surface area contributed by atoms with Crippen molar-refractivity contribution >= 4 is 5.78 Å². The van der Waals surface area contributed by atoms with Gasteiger partial charge in [0.15, 0.2) is 0 Å². The Morgan fingerprint density at radius 3 is 2.31 bits per heavy atom. The summed E-state index contributed by atoms with van der Waals surface area (Å²) < 4.78 is 0. The van der Waals surface area contributed by atoms with E-state index in [0.717, 1.165) is 6.42 Å². The second-order valence-electron chi connectivity index (χ2n) is 4.31. The highest BCUT2D eigenvalue weighted by atomic mass is 16.1. The van der Waals surface area contributed by atoms with E-state index in [1.807, 2.05) is 32.0 Å². The van der Waals surface area contributed by atoms with Gasteiger partial charge in [-0.3, -0.25) is 4.79 Å². The molecule has 2 rings (SSSR count). The number of ketones is 1. The van der Waals surface area contributed by atoms with Crippen molar-refractivity contribution in [2.24, 2.45) is 5.41 Å². The zero-order valence-electron chi connectivity index (χ0n) is 8.08. The fourth-order valence-electron chi connectivity index (χ4n) is 1.99. The summed E-state index contributed by atoms with van der Waals surface area (Å²) in [5.74, 6) is 0.822. The van der Waals surface area contributed by atoms with Gasteiger partial charge >= 0.3 is 0 Å². The van der Waals surface area contributed by atoms with E-state index in [-0.39, 0.29) is 5.41 Å². The predicted molar refractivity (Wildman–Crippen MR) is 52.6 cm³/mol. The summed E-state index contributed by atoms with van der Waals surface area (Å²) in [4.78, 5) is 11.3. The smallest absolute Gasteiger partial charge is 0.139 e. The molecular formula is C12H14O. The summed E-state index contributed by atoms with van der Waals surface area (Å²) in [6, 6.07) is 10.3. The molecule has 0 aliphatic heterocycles. The van der Waals surface area contributed by atoms with Crippen LogP contribution in [-0.2, 0) is 4.79 Å². The Balaban J connectivity index is 2.27. The van der Waals surface area contributed by atoms with Crippen molar-refractivity contribution in [3.63, 3.8) is 0 Å². The van der Waals surface area contributed by atoms with Crippen LogP contribution in [0.2, 0.25) is 0 Å². The van der Waals surface area contributed by atoms with Crippen molar-refractivity contribution in [1.82, 2.24) is 0 Å². The normalized spacial score (nSPS) is 25.4. The lowest BCUT2D eigenvalue weighted by atomic mass is 9.59. The van der Waals surface area contributed by atoms with Crippen LogP contribution in [0.25, 0.3) is 0 Å². The SMILES string of the molecule is CC1(C)C(=O)C[C@H]1c1ccccc1. The summed E-state index contributed by atoms with van der Waals surface area (Å²) in [5, 5.41) is 0. The van der Waals surface area contributed by atoms with Crippen LogP contribution in [0.1, 0.15) is 31.7 Å². The zero-order chi connectivity index (χ0) is 9.47. The minimum atomic E-state index is -0.138. The van der Waals surface area contributed by atoms with Gasteiger partial charge in [0.05, 0.1) is 0 Å². The quantitative estimate of drug-likeness (QED) is 0.639. The number of hydrogen-bond donors (Lipinski definition) is 0. The molecule has 0 bridgehead atoms. The van der Waals surface area contributed by atoms with Crippen molar-refractivity contribution in [3.05, 3.63) is 35.9 Å². The third-order valence-electron chi connectivity index (χ3n) is 3.18. The second kappa shape index (κ2) is 2.69. The lowest BCUT2D eigenvalue weighted by molar-refractivity contribution is -0.137. The summed E-state index contributed by atoms with van der Waals surface area (Å²) in [7, 11) is 0. The summed E-state index contributed by atoms with van der Waals surface area (Å²) in [6.07, 6.45) is 0.719. The molecule has 1 aromatic carbocycles. The van der Waals surface area contributed by atoms with E-state index in [0.29, 0.717) is 11.7 Å². The number of carbonyl (C=O) groups is 1. The van der Waals surface area contributed by atoms with Gasteiger partial charge in [-0.1, -0.05) is 44.2 Å². The number of Topliss-reactive ketones (excluding diaryl/α,β-unsaturated/α-hetero) is 1. The van der Waals surface area contributed by atoms with Gasteiger partial charge in [-0.05, 0) is 5.56 Å². The van der Waals surface area contributed by atoms with E-state index in [2.05, 4.69) is 12.1 Å². The minimum absolute atomic E-state index is 0.138. The monoisotopic (exact) mass is 174 g/mol. The minimum Gasteiger partial charge on any atom is -0.299 e. The molecule has 13 heavy (non-hydrogen) atoms. The molecule has 0 amide bonds. The molecule has 1 aromatic rings. The largest absolute Gasteiger partial charge is 0.299 e. The standard InChI is InChI=1S/C12H14O/c1-12(2)10(8-11(12)13)9-6-4-3-5-7-9/h3-7,10H,8H2,1-2H3/t10-/m0/s1. The molecule has 0 saturated heterocycles. The molecule has 0 heterocycles. The molecule has 1 saturated carbocycles. The van der Waals surface area contributed by atoms with Gasteiger partial charge in [0.1, 0.15) is 5.78 Å². The second-order valence-corrected chi connectivity index (χ2v) is 4.31. The molecule has 0 aromatic heterocycles. The van der Waals surface area contributed by atoms with Crippen LogP contribution < -0.4 is 0 Å². The Morgan fingerprint density at radius 2 is 1.85 bits per heavy atom. The average molecular weight is 174 g/mol. The van der Waals surface area contributed by atoms with Crippen LogP contribution >= 0.6 is 0 Å². The molecule has 0 radical (unpaired) electrons. The van der Waals surface area contributed by atoms with E-state index in [1.165, 1.54) is 5.56 Å². The maximum Gasteiger partial charge on any atom is 0.139 e. The van der Waals surface area contributed by atoms with Crippen LogP contribution in [0.3, 0.4) is 0 Å². The lowest BCUT2D eigenvalue weighted by Gasteiger charge is -2.42. The topological polar surface area (TPSA) is 17.1 Å². The van der Waals surface area contributed by atoms with Crippen molar-refractivity contribution in [1.29, 1.82) is 0 Å². The molecule has 68 valence electrons. The Bertz CT molecular complexity index is 324. The van der Waals surface area contributed by atoms with E-state index < -0.39 is 0 Å². The zero-order valence-corrected chi connectivity index (χ0v) is 8.08. The third kappa shape index (κ3) is 1.19. The number of rotatable bonds is 1. The van der Waals surface area contributed by atoms with Crippen molar-refractivity contribution in [3.8, 4) is 0 Å². The molecule has 0 N–H and O–H groups in total. The lowest BCUT2D eigenvalue weighted by Crippen LogP contribution is -2.43. The van der Waals surface area contributed by atoms with Crippen LogP contribution in [0, 0.1) is 5.41 Å². The molecule has 0 spiro atoms. The van der Waals surface area contributed by atoms with E-state index in [1.54, 1.807) is 0 Å². The fraction of sp³-hybridized carbons (Fsp3) is 0.417. The average Bonchev–Trinajstić information content (AvgIpc) is 2.15. The molecule has 1 atom stereocenters. The highest BCUT2D eigenvalue weighted by Gasteiger charge is 2.47. The molecule has 0 unspecified atom stereocenters. The maximum atomic E-state index is 11.3. The van der Waals surface area contributed by atoms with Crippen molar-refractivity contribution < 1.29 is 4.79 Å². The van der Waals surface area contributed by atoms with Gasteiger partial charge in [0.2, 0.25) is 0 Å². The molecule has 1 nitrogen and oxygen atoms in total. The van der Waals surface area contributed by atoms with Gasteiger partial charge < -0.3 is 0 Å². The maximum absolute atomic E-state index is 11.3. The van der Waals surface area contributed by atoms with E-state index >= 15 is 0 Å². The van der Waals surface area contributed by atoms with Crippen LogP contribution in [0.4, 0.5) is 0 Å². The van der Waals surface area contributed by atoms with Crippen LogP contribution in [0.15, 0.2) is 30.3 Å². The Hall–Kier alpha value is -1.11. The molecule has 1 aliphatic rings. The molecule has 1 heteroatoms. The Kier molecular flexibility index (Phi) is 1.76. The van der Waals surface area contributed by atoms with Gasteiger partial charge in [0, 0.05) is 17.8 Å². The number of benzene rings is 1. The summed E-state index contributed by atoms with van der Waals surface area (Å²) in [6.45, 7) is 4.08. The first-order valence-electron chi connectivity index (χ1n) is 4.70. The van der Waals surface area contributed by atoms with Crippen LogP contribution in [-0.4, -0.2) is 5.78 Å². The van der Waals surface area contributed by atoms with E-state index in [9.17, 15) is 4.79 Å². The third-order valence-corrected chi connectivity index (χ3v) is 3.18. The summed E-state index contributed by atoms with van der Waals surface area (Å²) >= 11 is 0. The number of carbonyl (C=O) groups excluding carboxylic acids is 1. The Morgan fingerprint density at radius 1 is 1.23 bits per heavy atom.